The molecule has 3 unspecified atom stereocenters. The van der Waals surface area contributed by atoms with Crippen molar-refractivity contribution in [2.24, 2.45) is 0 Å². The van der Waals surface area contributed by atoms with Crippen LogP contribution in [0.2, 0.25) is 10.0 Å². The highest BCUT2D eigenvalue weighted by molar-refractivity contribution is 6.31. The molecule has 0 aliphatic carbocycles. The largest absolute Gasteiger partial charge is 0.480 e. The van der Waals surface area contributed by atoms with Gasteiger partial charge in [-0.1, -0.05) is 47.5 Å². The number of likely N-dealkylation sites (tertiary alicyclic amines) is 1. The molecule has 3 aromatic carbocycles. The third-order valence-corrected chi connectivity index (χ3v) is 7.60. The fourth-order valence-corrected chi connectivity index (χ4v) is 6.14. The Morgan fingerprint density at radius 2 is 1.86 bits per heavy atom. The van der Waals surface area contributed by atoms with E-state index >= 15 is 0 Å². The average Bonchev–Trinajstić information content (AvgIpc) is 3.08. The van der Waals surface area contributed by atoms with Gasteiger partial charge in [-0.15, -0.1) is 0 Å². The van der Waals surface area contributed by atoms with Crippen LogP contribution in [0.25, 0.3) is 0 Å². The Labute approximate surface area is 216 Å². The van der Waals surface area contributed by atoms with Gasteiger partial charge in [0, 0.05) is 28.1 Å². The summed E-state index contributed by atoms with van der Waals surface area (Å²) in [6.45, 7) is 1.17. The number of hydrogen-bond donors (Lipinski definition) is 2. The van der Waals surface area contributed by atoms with Crippen molar-refractivity contribution in [2.75, 3.05) is 11.9 Å². The number of aliphatic carboxylic acids is 1. The molecule has 0 aromatic heterocycles. The SMILES string of the molecule is Cc1ccc(F)cc1C1CC(=O)N(CC(=O)O)C(c2cccc(Cl)c2)C12C(=O)Nc1cc(Cl)ccc12. The molecule has 1 saturated heterocycles. The summed E-state index contributed by atoms with van der Waals surface area (Å²) in [6.07, 6.45) is -0.190. The molecular weight excluding hydrogens is 506 g/mol. The topological polar surface area (TPSA) is 86.7 Å². The number of fused-ring (bicyclic) bond motifs is 2. The number of hydrogen-bond acceptors (Lipinski definition) is 3. The minimum Gasteiger partial charge on any atom is -0.480 e. The number of rotatable bonds is 4. The van der Waals surface area contributed by atoms with E-state index < -0.39 is 47.5 Å². The lowest BCUT2D eigenvalue weighted by molar-refractivity contribution is -0.154. The highest BCUT2D eigenvalue weighted by atomic mass is 35.5. The van der Waals surface area contributed by atoms with Gasteiger partial charge in [-0.25, -0.2) is 4.39 Å². The lowest BCUT2D eigenvalue weighted by Gasteiger charge is -2.51. The van der Waals surface area contributed by atoms with Gasteiger partial charge in [0.1, 0.15) is 17.8 Å². The Hall–Kier alpha value is -3.42. The first-order valence-electron chi connectivity index (χ1n) is 11.3. The summed E-state index contributed by atoms with van der Waals surface area (Å²) in [5.74, 6) is -3.41. The van der Waals surface area contributed by atoms with Crippen molar-refractivity contribution in [2.45, 2.75) is 30.7 Å². The van der Waals surface area contributed by atoms with Crippen LogP contribution in [0.3, 0.4) is 0 Å². The summed E-state index contributed by atoms with van der Waals surface area (Å²) in [7, 11) is 0. The number of nitrogens with zero attached hydrogens (tertiary/aromatic N) is 1. The number of benzene rings is 3. The van der Waals surface area contributed by atoms with E-state index in [2.05, 4.69) is 5.32 Å². The normalized spacial score (nSPS) is 23.1. The van der Waals surface area contributed by atoms with Crippen molar-refractivity contribution in [1.82, 2.24) is 4.90 Å². The van der Waals surface area contributed by atoms with Gasteiger partial charge in [-0.2, -0.15) is 0 Å². The Kier molecular flexibility index (Phi) is 6.01. The molecule has 2 heterocycles. The van der Waals surface area contributed by atoms with Crippen molar-refractivity contribution < 1.29 is 23.9 Å². The zero-order valence-electron chi connectivity index (χ0n) is 19.1. The zero-order chi connectivity index (χ0) is 25.8. The van der Waals surface area contributed by atoms with Crippen molar-refractivity contribution >= 4 is 46.7 Å². The van der Waals surface area contributed by atoms with Crippen LogP contribution in [-0.2, 0) is 19.8 Å². The third kappa shape index (κ3) is 3.74. The number of nitrogens with one attached hydrogen (secondary N) is 1. The Morgan fingerprint density at radius 1 is 1.11 bits per heavy atom. The summed E-state index contributed by atoms with van der Waals surface area (Å²) in [5.41, 5.74) is 1.24. The maximum atomic E-state index is 14.5. The molecule has 0 radical (unpaired) electrons. The monoisotopic (exact) mass is 526 g/mol. The third-order valence-electron chi connectivity index (χ3n) is 7.13. The molecule has 3 atom stereocenters. The maximum absolute atomic E-state index is 14.5. The zero-order valence-corrected chi connectivity index (χ0v) is 20.6. The van der Waals surface area contributed by atoms with Crippen LogP contribution in [0.15, 0.2) is 60.7 Å². The number of piperidine rings is 1. The smallest absolute Gasteiger partial charge is 0.323 e. The van der Waals surface area contributed by atoms with Gasteiger partial charge < -0.3 is 15.3 Å². The maximum Gasteiger partial charge on any atom is 0.323 e. The van der Waals surface area contributed by atoms with Gasteiger partial charge in [0.25, 0.3) is 0 Å². The van der Waals surface area contributed by atoms with E-state index in [1.54, 1.807) is 55.5 Å². The van der Waals surface area contributed by atoms with E-state index in [9.17, 15) is 23.9 Å². The summed E-state index contributed by atoms with van der Waals surface area (Å²) >= 11 is 12.6. The molecule has 5 rings (SSSR count). The molecule has 9 heteroatoms. The molecule has 1 spiro atoms. The highest BCUT2D eigenvalue weighted by Gasteiger charge is 2.63. The first kappa shape index (κ1) is 24.3. The first-order valence-corrected chi connectivity index (χ1v) is 12.0. The predicted octanol–water partition coefficient (Wildman–Crippen LogP) is 5.47. The van der Waals surface area contributed by atoms with Gasteiger partial charge in [0.15, 0.2) is 0 Å². The molecule has 2 aliphatic rings. The first-order chi connectivity index (χ1) is 17.1. The quantitative estimate of drug-likeness (QED) is 0.471. The van der Waals surface area contributed by atoms with Gasteiger partial charge in [0.05, 0.1) is 6.04 Å². The van der Waals surface area contributed by atoms with Crippen molar-refractivity contribution in [3.63, 3.8) is 0 Å². The lowest BCUT2D eigenvalue weighted by Crippen LogP contribution is -2.59. The van der Waals surface area contributed by atoms with Gasteiger partial charge >= 0.3 is 5.97 Å². The molecule has 0 bridgehead atoms. The Morgan fingerprint density at radius 3 is 2.58 bits per heavy atom. The van der Waals surface area contributed by atoms with Crippen LogP contribution in [0, 0.1) is 12.7 Å². The standard InChI is InChI=1S/C27H21Cl2FN2O4/c1-14-5-7-18(30)11-19(14)21-12-23(33)32(13-24(34)35)25(15-3-2-4-16(28)9-15)27(21)20-8-6-17(29)10-22(20)31-26(27)36/h2-11,21,25H,12-13H2,1H3,(H,31,36)(H,34,35). The van der Waals surface area contributed by atoms with Crippen LogP contribution in [0.5, 0.6) is 0 Å². The van der Waals surface area contributed by atoms with Gasteiger partial charge in [0.2, 0.25) is 11.8 Å². The van der Waals surface area contributed by atoms with Gasteiger partial charge in [-0.05, 0) is 65.6 Å². The summed E-state index contributed by atoms with van der Waals surface area (Å²) in [5, 5.41) is 13.4. The van der Waals surface area contributed by atoms with Crippen molar-refractivity contribution in [3.8, 4) is 0 Å². The van der Waals surface area contributed by atoms with E-state index in [0.717, 1.165) is 0 Å². The van der Waals surface area contributed by atoms with Crippen molar-refractivity contribution in [3.05, 3.63) is 98.8 Å². The van der Waals surface area contributed by atoms with Crippen LogP contribution < -0.4 is 5.32 Å². The molecule has 2 N–H and O–H groups in total. The molecule has 184 valence electrons. The number of carboxylic acid groups (broad SMARTS) is 1. The average molecular weight is 527 g/mol. The second-order valence-corrected chi connectivity index (χ2v) is 10.0. The number of carboxylic acids is 1. The van der Waals surface area contributed by atoms with E-state index in [1.165, 1.54) is 17.0 Å². The van der Waals surface area contributed by atoms with Crippen LogP contribution in [-0.4, -0.2) is 34.3 Å². The fourth-order valence-electron chi connectivity index (χ4n) is 5.77. The Balaban J connectivity index is 1.88. The summed E-state index contributed by atoms with van der Waals surface area (Å²) in [6, 6.07) is 14.9. The van der Waals surface area contributed by atoms with E-state index in [1.807, 2.05) is 0 Å². The minimum absolute atomic E-state index is 0.190. The number of halogens is 3. The second kappa shape index (κ2) is 8.91. The number of carbonyl (C=O) groups excluding carboxylic acids is 2. The molecular formula is C27H21Cl2FN2O4. The summed E-state index contributed by atoms with van der Waals surface area (Å²) < 4.78 is 14.5. The van der Waals surface area contributed by atoms with Crippen LogP contribution in [0.4, 0.5) is 10.1 Å². The second-order valence-electron chi connectivity index (χ2n) is 9.14. The Bertz CT molecular complexity index is 1430. The van der Waals surface area contributed by atoms with Gasteiger partial charge in [-0.3, -0.25) is 14.4 Å². The molecule has 3 aromatic rings. The number of carbonyl (C=O) groups is 3. The van der Waals surface area contributed by atoms with Crippen molar-refractivity contribution in [1.29, 1.82) is 0 Å². The van der Waals surface area contributed by atoms with E-state index in [0.29, 0.717) is 38.0 Å². The van der Waals surface area contributed by atoms with Crippen LogP contribution >= 0.6 is 23.2 Å². The molecule has 0 saturated carbocycles. The van der Waals surface area contributed by atoms with Crippen LogP contribution in [0.1, 0.15) is 40.6 Å². The van der Waals surface area contributed by atoms with E-state index in [4.69, 9.17) is 23.2 Å². The van der Waals surface area contributed by atoms with E-state index in [-0.39, 0.29) is 6.42 Å². The fraction of sp³-hybridized carbons (Fsp3) is 0.222. The number of aryl methyl sites for hydroxylation is 1. The highest BCUT2D eigenvalue weighted by Crippen LogP contribution is 2.60. The lowest BCUT2D eigenvalue weighted by atomic mass is 9.58. The minimum atomic E-state index is -1.48. The molecule has 36 heavy (non-hydrogen) atoms. The molecule has 2 aliphatic heterocycles. The molecule has 2 amide bonds. The predicted molar refractivity (Wildman–Crippen MR) is 134 cm³/mol. The number of anilines is 1. The summed E-state index contributed by atoms with van der Waals surface area (Å²) in [4.78, 5) is 40.8. The number of amides is 2. The molecule has 6 nitrogen and oxygen atoms in total. The molecule has 1 fully saturated rings.